The zero-order valence-corrected chi connectivity index (χ0v) is 8.47. The van der Waals surface area contributed by atoms with E-state index in [9.17, 15) is 0 Å². The predicted octanol–water partition coefficient (Wildman–Crippen LogP) is 3.45. The third-order valence-electron chi connectivity index (χ3n) is 1.49. The van der Waals surface area contributed by atoms with Crippen LogP contribution in [0.3, 0.4) is 0 Å². The molecule has 0 aliphatic carbocycles. The maximum Gasteiger partial charge on any atom is 0.128 e. The van der Waals surface area contributed by atoms with Crippen molar-refractivity contribution in [3.8, 4) is 0 Å². The molecule has 1 aliphatic rings. The van der Waals surface area contributed by atoms with Crippen LogP contribution in [0.4, 0.5) is 0 Å². The summed E-state index contributed by atoms with van der Waals surface area (Å²) in [6.45, 7) is 0. The van der Waals surface area contributed by atoms with Gasteiger partial charge >= 0.3 is 0 Å². The standard InChI is InChI=1S/C8H6ClNS2/c9-8-7(11-12-10-8)6-4-2-1-3-5-6/h1-5,10H. The smallest absolute Gasteiger partial charge is 0.128 e. The maximum absolute atomic E-state index is 5.94. The Bertz CT molecular complexity index is 310. The molecule has 1 aliphatic heterocycles. The zero-order chi connectivity index (χ0) is 8.39. The van der Waals surface area contributed by atoms with Crippen LogP contribution < -0.4 is 4.72 Å². The van der Waals surface area contributed by atoms with E-state index in [4.69, 9.17) is 11.6 Å². The highest BCUT2D eigenvalue weighted by atomic mass is 35.5. The summed E-state index contributed by atoms with van der Waals surface area (Å²) in [4.78, 5) is 1.11. The molecule has 0 radical (unpaired) electrons. The summed E-state index contributed by atoms with van der Waals surface area (Å²) in [5.41, 5.74) is 1.17. The molecule has 0 saturated carbocycles. The van der Waals surface area contributed by atoms with Gasteiger partial charge in [-0.2, -0.15) is 0 Å². The van der Waals surface area contributed by atoms with Crippen molar-refractivity contribution in [1.29, 1.82) is 0 Å². The van der Waals surface area contributed by atoms with Crippen molar-refractivity contribution in [2.24, 2.45) is 0 Å². The number of rotatable bonds is 1. The summed E-state index contributed by atoms with van der Waals surface area (Å²) < 4.78 is 2.99. The van der Waals surface area contributed by atoms with Crippen LogP contribution in [0.2, 0.25) is 0 Å². The van der Waals surface area contributed by atoms with Crippen LogP contribution in [0.15, 0.2) is 35.5 Å². The lowest BCUT2D eigenvalue weighted by atomic mass is 10.2. The average molecular weight is 216 g/mol. The first kappa shape index (κ1) is 8.35. The summed E-state index contributed by atoms with van der Waals surface area (Å²) in [5.74, 6) is 0. The van der Waals surface area contributed by atoms with Crippen molar-refractivity contribution in [2.75, 3.05) is 0 Å². The van der Waals surface area contributed by atoms with E-state index in [1.807, 2.05) is 18.2 Å². The monoisotopic (exact) mass is 215 g/mol. The molecular formula is C8H6ClNS2. The highest BCUT2D eigenvalue weighted by Gasteiger charge is 2.14. The number of benzene rings is 1. The first-order valence-corrected chi connectivity index (χ1v) is 5.95. The van der Waals surface area contributed by atoms with Crippen molar-refractivity contribution >= 4 is 38.3 Å². The molecule has 0 atom stereocenters. The largest absolute Gasteiger partial charge is 0.310 e. The van der Waals surface area contributed by atoms with Gasteiger partial charge in [-0.1, -0.05) is 41.9 Å². The van der Waals surface area contributed by atoms with Crippen LogP contribution in [0.25, 0.3) is 4.91 Å². The molecule has 0 amide bonds. The summed E-state index contributed by atoms with van der Waals surface area (Å²) in [7, 11) is 3.20. The minimum absolute atomic E-state index is 0.733. The van der Waals surface area contributed by atoms with E-state index in [0.29, 0.717) is 0 Å². The Morgan fingerprint density at radius 1 is 1.17 bits per heavy atom. The summed E-state index contributed by atoms with van der Waals surface area (Å²) >= 11 is 5.94. The van der Waals surface area contributed by atoms with E-state index in [-0.39, 0.29) is 0 Å². The molecule has 0 unspecified atom stereocenters. The van der Waals surface area contributed by atoms with Crippen molar-refractivity contribution in [3.05, 3.63) is 41.1 Å². The molecule has 1 aromatic rings. The van der Waals surface area contributed by atoms with Gasteiger partial charge < -0.3 is 4.72 Å². The Labute approximate surface area is 84.1 Å². The Hall–Kier alpha value is -0.250. The average Bonchev–Trinajstić information content (AvgIpc) is 2.53. The Kier molecular flexibility index (Phi) is 2.54. The van der Waals surface area contributed by atoms with Crippen molar-refractivity contribution in [3.63, 3.8) is 0 Å². The van der Waals surface area contributed by atoms with E-state index >= 15 is 0 Å². The molecule has 1 N–H and O–H groups in total. The number of hydrogen-bond donors (Lipinski definition) is 1. The zero-order valence-electron chi connectivity index (χ0n) is 6.08. The van der Waals surface area contributed by atoms with Crippen molar-refractivity contribution in [2.45, 2.75) is 0 Å². The molecule has 2 rings (SSSR count). The first-order chi connectivity index (χ1) is 5.88. The van der Waals surface area contributed by atoms with E-state index < -0.39 is 0 Å². The first-order valence-electron chi connectivity index (χ1n) is 3.42. The van der Waals surface area contributed by atoms with Crippen LogP contribution in [-0.2, 0) is 0 Å². The molecule has 0 bridgehead atoms. The SMILES string of the molecule is ClC1=C(c2ccccc2)SSN1. The second kappa shape index (κ2) is 3.64. The lowest BCUT2D eigenvalue weighted by Crippen LogP contribution is -1.89. The van der Waals surface area contributed by atoms with Gasteiger partial charge in [0.05, 0.1) is 4.91 Å². The van der Waals surface area contributed by atoms with Crippen LogP contribution >= 0.6 is 33.4 Å². The molecule has 62 valence electrons. The van der Waals surface area contributed by atoms with Gasteiger partial charge in [0.2, 0.25) is 0 Å². The normalized spacial score (nSPS) is 16.4. The Morgan fingerprint density at radius 3 is 2.50 bits per heavy atom. The lowest BCUT2D eigenvalue weighted by molar-refractivity contribution is 1.40. The Balaban J connectivity index is 2.37. The maximum atomic E-state index is 5.94. The second-order valence-electron chi connectivity index (χ2n) is 2.28. The summed E-state index contributed by atoms with van der Waals surface area (Å²) in [6.07, 6.45) is 0. The third kappa shape index (κ3) is 1.58. The minimum atomic E-state index is 0.733. The van der Waals surface area contributed by atoms with Crippen LogP contribution in [-0.4, -0.2) is 0 Å². The van der Waals surface area contributed by atoms with E-state index in [0.717, 1.165) is 10.1 Å². The number of hydrogen-bond acceptors (Lipinski definition) is 3. The molecule has 0 saturated heterocycles. The van der Waals surface area contributed by atoms with Crippen molar-refractivity contribution in [1.82, 2.24) is 4.72 Å². The van der Waals surface area contributed by atoms with E-state index in [1.54, 1.807) is 21.8 Å². The van der Waals surface area contributed by atoms with Gasteiger partial charge in [-0.05, 0) is 16.4 Å². The molecule has 1 aromatic carbocycles. The van der Waals surface area contributed by atoms with Gasteiger partial charge in [0.25, 0.3) is 0 Å². The quantitative estimate of drug-likeness (QED) is 0.438. The fourth-order valence-electron chi connectivity index (χ4n) is 0.946. The molecule has 4 heteroatoms. The minimum Gasteiger partial charge on any atom is -0.310 e. The molecule has 1 heterocycles. The van der Waals surface area contributed by atoms with E-state index in [1.165, 1.54) is 5.56 Å². The Morgan fingerprint density at radius 2 is 1.92 bits per heavy atom. The third-order valence-corrected chi connectivity index (χ3v) is 3.98. The summed E-state index contributed by atoms with van der Waals surface area (Å²) in [6, 6.07) is 10.1. The van der Waals surface area contributed by atoms with E-state index in [2.05, 4.69) is 16.9 Å². The van der Waals surface area contributed by atoms with Crippen LogP contribution in [0.1, 0.15) is 5.56 Å². The highest BCUT2D eigenvalue weighted by Crippen LogP contribution is 2.44. The lowest BCUT2D eigenvalue weighted by Gasteiger charge is -1.97. The molecule has 0 spiro atoms. The molecule has 1 nitrogen and oxygen atoms in total. The molecule has 0 fully saturated rings. The predicted molar refractivity (Wildman–Crippen MR) is 57.5 cm³/mol. The van der Waals surface area contributed by atoms with Gasteiger partial charge in [0.1, 0.15) is 5.16 Å². The van der Waals surface area contributed by atoms with Gasteiger partial charge in [0, 0.05) is 11.0 Å². The summed E-state index contributed by atoms with van der Waals surface area (Å²) in [5, 5.41) is 0.733. The number of nitrogens with one attached hydrogen (secondary N) is 1. The molecular weight excluding hydrogens is 210 g/mol. The molecule has 0 aromatic heterocycles. The van der Waals surface area contributed by atoms with Crippen LogP contribution in [0, 0.1) is 0 Å². The fraction of sp³-hybridized carbons (Fsp3) is 0. The van der Waals surface area contributed by atoms with Crippen molar-refractivity contribution < 1.29 is 0 Å². The fourth-order valence-corrected chi connectivity index (χ4v) is 3.45. The second-order valence-corrected chi connectivity index (χ2v) is 4.60. The van der Waals surface area contributed by atoms with Crippen LogP contribution in [0.5, 0.6) is 0 Å². The number of halogens is 1. The topological polar surface area (TPSA) is 12.0 Å². The molecule has 12 heavy (non-hydrogen) atoms. The van der Waals surface area contributed by atoms with Gasteiger partial charge in [-0.15, -0.1) is 0 Å². The van der Waals surface area contributed by atoms with Gasteiger partial charge in [0.15, 0.2) is 0 Å². The van der Waals surface area contributed by atoms with Gasteiger partial charge in [-0.25, -0.2) is 0 Å². The van der Waals surface area contributed by atoms with Gasteiger partial charge in [-0.3, -0.25) is 0 Å². The highest BCUT2D eigenvalue weighted by molar-refractivity contribution is 8.80.